The molecule has 0 radical (unpaired) electrons. The zero-order valence-electron chi connectivity index (χ0n) is 9.63. The van der Waals surface area contributed by atoms with Crippen LogP contribution < -0.4 is 0 Å². The zero-order valence-corrected chi connectivity index (χ0v) is 9.63. The number of imide groups is 1. The van der Waals surface area contributed by atoms with Gasteiger partial charge in [-0.25, -0.2) is 0 Å². The number of carbonyl (C=O) groups is 2. The number of carbonyl (C=O) groups excluding carboxylic acids is 2. The summed E-state index contributed by atoms with van der Waals surface area (Å²) in [4.78, 5) is 24.6. The maximum atomic E-state index is 11.6. The van der Waals surface area contributed by atoms with Gasteiger partial charge in [0.25, 0.3) is 5.91 Å². The van der Waals surface area contributed by atoms with Gasteiger partial charge in [0.2, 0.25) is 5.91 Å². The molecule has 1 aromatic carbocycles. The first-order chi connectivity index (χ1) is 8.22. The Balaban J connectivity index is 2.13. The fraction of sp³-hybridized carbons (Fsp3) is 0.286. The van der Waals surface area contributed by atoms with Crippen LogP contribution >= 0.6 is 0 Å². The summed E-state index contributed by atoms with van der Waals surface area (Å²) < 4.78 is 0. The third-order valence-electron chi connectivity index (χ3n) is 3.05. The Bertz CT molecular complexity index is 439. The molecule has 0 unspecified atom stereocenters. The molecule has 2 rings (SSSR count). The van der Waals surface area contributed by atoms with E-state index in [9.17, 15) is 9.59 Å². The van der Waals surface area contributed by atoms with E-state index in [2.05, 4.69) is 6.58 Å². The van der Waals surface area contributed by atoms with Crippen molar-refractivity contribution < 1.29 is 9.59 Å². The van der Waals surface area contributed by atoms with Crippen LogP contribution in [0, 0.1) is 0 Å². The highest BCUT2D eigenvalue weighted by Crippen LogP contribution is 2.22. The maximum Gasteiger partial charge on any atom is 0.252 e. The van der Waals surface area contributed by atoms with Gasteiger partial charge in [-0.3, -0.25) is 14.5 Å². The van der Waals surface area contributed by atoms with Gasteiger partial charge in [-0.1, -0.05) is 36.9 Å². The highest BCUT2D eigenvalue weighted by atomic mass is 16.2. The number of amides is 2. The first-order valence-electron chi connectivity index (χ1n) is 5.74. The lowest BCUT2D eigenvalue weighted by Gasteiger charge is -2.21. The van der Waals surface area contributed by atoms with Gasteiger partial charge < -0.3 is 0 Å². The molecule has 0 bridgehead atoms. The summed E-state index contributed by atoms with van der Waals surface area (Å²) in [6, 6.07) is 9.89. The van der Waals surface area contributed by atoms with E-state index in [0.29, 0.717) is 6.42 Å². The quantitative estimate of drug-likeness (QED) is 0.743. The van der Waals surface area contributed by atoms with Gasteiger partial charge >= 0.3 is 0 Å². The van der Waals surface area contributed by atoms with Crippen LogP contribution in [-0.4, -0.2) is 22.8 Å². The molecule has 2 amide bonds. The Morgan fingerprint density at radius 2 is 2.12 bits per heavy atom. The second-order valence-electron chi connectivity index (χ2n) is 4.19. The SMILES string of the molecule is C=CC(=O)N1C(=O)CC[C@H]1Cc1ccccc1. The summed E-state index contributed by atoms with van der Waals surface area (Å²) >= 11 is 0. The Morgan fingerprint density at radius 1 is 1.41 bits per heavy atom. The number of hydrogen-bond acceptors (Lipinski definition) is 2. The van der Waals surface area contributed by atoms with Crippen LogP contribution in [0.4, 0.5) is 0 Å². The molecule has 17 heavy (non-hydrogen) atoms. The van der Waals surface area contributed by atoms with Gasteiger partial charge in [0.05, 0.1) is 0 Å². The van der Waals surface area contributed by atoms with E-state index < -0.39 is 0 Å². The molecule has 0 aromatic heterocycles. The lowest BCUT2D eigenvalue weighted by molar-refractivity contribution is -0.140. The van der Waals surface area contributed by atoms with Crippen molar-refractivity contribution in [2.24, 2.45) is 0 Å². The molecule has 0 N–H and O–H groups in total. The number of benzene rings is 1. The topological polar surface area (TPSA) is 37.4 Å². The van der Waals surface area contributed by atoms with E-state index in [1.807, 2.05) is 30.3 Å². The molecule has 1 saturated heterocycles. The van der Waals surface area contributed by atoms with Gasteiger partial charge in [-0.15, -0.1) is 0 Å². The molecule has 0 aliphatic carbocycles. The van der Waals surface area contributed by atoms with Crippen LogP contribution in [0.25, 0.3) is 0 Å². The van der Waals surface area contributed by atoms with Crippen molar-refractivity contribution >= 4 is 11.8 Å². The van der Waals surface area contributed by atoms with E-state index in [-0.39, 0.29) is 17.9 Å². The molecule has 1 aromatic rings. The minimum absolute atomic E-state index is 0.0181. The molecule has 88 valence electrons. The molecule has 1 aliphatic heterocycles. The highest BCUT2D eigenvalue weighted by molar-refractivity contribution is 6.02. The molecule has 1 aliphatic rings. The Hall–Kier alpha value is -1.90. The predicted octanol–water partition coefficient (Wildman–Crippen LogP) is 1.93. The number of rotatable bonds is 3. The van der Waals surface area contributed by atoms with Gasteiger partial charge in [0.15, 0.2) is 0 Å². The summed E-state index contributed by atoms with van der Waals surface area (Å²) in [6.07, 6.45) is 3.14. The van der Waals surface area contributed by atoms with Crippen molar-refractivity contribution in [2.45, 2.75) is 25.3 Å². The Labute approximate surface area is 101 Å². The smallest absolute Gasteiger partial charge is 0.252 e. The summed E-state index contributed by atoms with van der Waals surface area (Å²) in [5.74, 6) is -0.371. The van der Waals surface area contributed by atoms with Crippen LogP contribution in [0.2, 0.25) is 0 Å². The summed E-state index contributed by atoms with van der Waals surface area (Å²) in [5, 5.41) is 0. The van der Waals surface area contributed by atoms with Crippen molar-refractivity contribution in [1.29, 1.82) is 0 Å². The molecule has 1 atom stereocenters. The van der Waals surface area contributed by atoms with Crippen LogP contribution in [0.3, 0.4) is 0 Å². The third kappa shape index (κ3) is 2.44. The predicted molar refractivity (Wildman–Crippen MR) is 65.2 cm³/mol. The molecule has 3 heteroatoms. The first kappa shape index (κ1) is 11.6. The minimum atomic E-state index is -0.284. The van der Waals surface area contributed by atoms with Gasteiger partial charge in [0, 0.05) is 12.5 Å². The fourth-order valence-electron chi connectivity index (χ4n) is 2.22. The summed E-state index contributed by atoms with van der Waals surface area (Å²) in [5.41, 5.74) is 1.15. The van der Waals surface area contributed by atoms with Crippen molar-refractivity contribution in [3.05, 3.63) is 48.6 Å². The van der Waals surface area contributed by atoms with Crippen LogP contribution in [-0.2, 0) is 16.0 Å². The first-order valence-corrected chi connectivity index (χ1v) is 5.74. The van der Waals surface area contributed by atoms with E-state index in [0.717, 1.165) is 18.4 Å². The summed E-state index contributed by atoms with van der Waals surface area (Å²) in [6.45, 7) is 3.44. The van der Waals surface area contributed by atoms with Crippen molar-refractivity contribution in [3.63, 3.8) is 0 Å². The van der Waals surface area contributed by atoms with Crippen molar-refractivity contribution in [2.75, 3.05) is 0 Å². The molecular weight excluding hydrogens is 214 g/mol. The lowest BCUT2D eigenvalue weighted by atomic mass is 10.0. The van der Waals surface area contributed by atoms with Crippen molar-refractivity contribution in [3.8, 4) is 0 Å². The van der Waals surface area contributed by atoms with Crippen LogP contribution in [0.1, 0.15) is 18.4 Å². The normalized spacial score (nSPS) is 19.4. The molecule has 1 fully saturated rings. The number of likely N-dealkylation sites (tertiary alicyclic amines) is 1. The average Bonchev–Trinajstić information content (AvgIpc) is 2.71. The van der Waals surface area contributed by atoms with E-state index in [1.54, 1.807) is 0 Å². The largest absolute Gasteiger partial charge is 0.276 e. The maximum absolute atomic E-state index is 11.6. The second kappa shape index (κ2) is 4.95. The second-order valence-corrected chi connectivity index (χ2v) is 4.19. The number of nitrogens with zero attached hydrogens (tertiary/aromatic N) is 1. The Morgan fingerprint density at radius 3 is 2.76 bits per heavy atom. The average molecular weight is 229 g/mol. The van der Waals surface area contributed by atoms with Gasteiger partial charge in [-0.05, 0) is 24.5 Å². The van der Waals surface area contributed by atoms with E-state index in [1.165, 1.54) is 11.0 Å². The lowest BCUT2D eigenvalue weighted by Crippen LogP contribution is -2.38. The monoisotopic (exact) mass is 229 g/mol. The minimum Gasteiger partial charge on any atom is -0.276 e. The van der Waals surface area contributed by atoms with Gasteiger partial charge in [0.1, 0.15) is 0 Å². The van der Waals surface area contributed by atoms with Gasteiger partial charge in [-0.2, -0.15) is 0 Å². The molecule has 0 spiro atoms. The van der Waals surface area contributed by atoms with Crippen LogP contribution in [0.5, 0.6) is 0 Å². The zero-order chi connectivity index (χ0) is 12.3. The van der Waals surface area contributed by atoms with Crippen molar-refractivity contribution in [1.82, 2.24) is 4.90 Å². The van der Waals surface area contributed by atoms with Crippen LogP contribution in [0.15, 0.2) is 43.0 Å². The molecule has 3 nitrogen and oxygen atoms in total. The highest BCUT2D eigenvalue weighted by Gasteiger charge is 2.34. The fourth-order valence-corrected chi connectivity index (χ4v) is 2.22. The number of hydrogen-bond donors (Lipinski definition) is 0. The van der Waals surface area contributed by atoms with E-state index in [4.69, 9.17) is 0 Å². The molecule has 0 saturated carbocycles. The molecular formula is C14H15NO2. The molecule has 1 heterocycles. The third-order valence-corrected chi connectivity index (χ3v) is 3.05. The standard InChI is InChI=1S/C14H15NO2/c1-2-13(16)15-12(8-9-14(15)17)10-11-6-4-3-5-7-11/h2-7,12H,1,8-10H2/t12-/m0/s1. The van der Waals surface area contributed by atoms with E-state index >= 15 is 0 Å². The summed E-state index contributed by atoms with van der Waals surface area (Å²) in [7, 11) is 0. The Kier molecular flexibility index (Phi) is 3.38.